The molecule has 2 aliphatic rings. The van der Waals surface area contributed by atoms with Crippen LogP contribution in [0.3, 0.4) is 0 Å². The summed E-state index contributed by atoms with van der Waals surface area (Å²) in [6.45, 7) is 6.90. The second-order valence-corrected chi connectivity index (χ2v) is 5.27. The van der Waals surface area contributed by atoms with Crippen LogP contribution in [-0.4, -0.2) is 0 Å². The van der Waals surface area contributed by atoms with Crippen LogP contribution in [0.15, 0.2) is 47.1 Å². The quantitative estimate of drug-likeness (QED) is 0.579. The van der Waals surface area contributed by atoms with E-state index in [1.165, 1.54) is 36.8 Å². The van der Waals surface area contributed by atoms with Gasteiger partial charge in [-0.3, -0.25) is 0 Å². The Hall–Kier alpha value is -1.04. The number of hydrogen-bond acceptors (Lipinski definition) is 0. The summed E-state index contributed by atoms with van der Waals surface area (Å²) in [4.78, 5) is 0. The Labute approximate surface area is 99.4 Å². The van der Waals surface area contributed by atoms with Gasteiger partial charge in [0.15, 0.2) is 0 Å². The predicted molar refractivity (Wildman–Crippen MR) is 71.3 cm³/mol. The molecule has 0 N–H and O–H groups in total. The molecule has 0 unspecified atom stereocenters. The van der Waals surface area contributed by atoms with Crippen molar-refractivity contribution in [1.29, 1.82) is 0 Å². The van der Waals surface area contributed by atoms with E-state index in [0.29, 0.717) is 0 Å². The van der Waals surface area contributed by atoms with Crippen LogP contribution in [0.4, 0.5) is 0 Å². The second-order valence-electron chi connectivity index (χ2n) is 5.27. The van der Waals surface area contributed by atoms with Crippen molar-refractivity contribution in [2.24, 2.45) is 5.41 Å². The molecular formula is C16H22. The van der Waals surface area contributed by atoms with Crippen molar-refractivity contribution in [3.05, 3.63) is 47.1 Å². The highest BCUT2D eigenvalue weighted by molar-refractivity contribution is 5.47. The van der Waals surface area contributed by atoms with Crippen LogP contribution in [0.1, 0.15) is 46.5 Å². The maximum Gasteiger partial charge on any atom is 0.0289 e. The van der Waals surface area contributed by atoms with Gasteiger partial charge in [-0.25, -0.2) is 0 Å². The highest BCUT2D eigenvalue weighted by Crippen LogP contribution is 2.40. The lowest BCUT2D eigenvalue weighted by Gasteiger charge is -2.27. The third kappa shape index (κ3) is 2.07. The molecule has 0 aromatic carbocycles. The molecule has 0 spiro atoms. The Balaban J connectivity index is 2.40. The minimum absolute atomic E-state index is 0.142. The van der Waals surface area contributed by atoms with Gasteiger partial charge in [0.25, 0.3) is 0 Å². The number of rotatable bonds is 1. The summed E-state index contributed by atoms with van der Waals surface area (Å²) in [5.74, 6) is 0. The monoisotopic (exact) mass is 214 g/mol. The van der Waals surface area contributed by atoms with Crippen molar-refractivity contribution in [1.82, 2.24) is 0 Å². The fraction of sp³-hybridized carbons (Fsp3) is 0.500. The molecule has 86 valence electrons. The standard InChI is InChI=1S/C16H22/c1-13-9-5-4-6-10-15(14(13)2)16(3)11-7-8-12-16/h7-8,10-12H,4-6,9H2,1-3H3. The molecule has 2 rings (SSSR count). The van der Waals surface area contributed by atoms with Crippen LogP contribution < -0.4 is 0 Å². The van der Waals surface area contributed by atoms with Gasteiger partial charge in [0, 0.05) is 5.41 Å². The molecule has 0 aromatic rings. The zero-order valence-corrected chi connectivity index (χ0v) is 10.7. The van der Waals surface area contributed by atoms with Crippen molar-refractivity contribution in [3.8, 4) is 0 Å². The van der Waals surface area contributed by atoms with Crippen molar-refractivity contribution in [2.75, 3.05) is 0 Å². The summed E-state index contributed by atoms with van der Waals surface area (Å²) in [7, 11) is 0. The molecule has 0 amide bonds. The topological polar surface area (TPSA) is 0 Å². The Morgan fingerprint density at radius 2 is 1.75 bits per heavy atom. The Bertz CT molecular complexity index is 376. The van der Waals surface area contributed by atoms with Gasteiger partial charge >= 0.3 is 0 Å². The summed E-state index contributed by atoms with van der Waals surface area (Å²) in [5, 5.41) is 0. The average molecular weight is 214 g/mol. The van der Waals surface area contributed by atoms with Crippen molar-refractivity contribution < 1.29 is 0 Å². The van der Waals surface area contributed by atoms with E-state index >= 15 is 0 Å². The third-order valence-corrected chi connectivity index (χ3v) is 3.97. The van der Waals surface area contributed by atoms with Gasteiger partial charge in [-0.15, -0.1) is 0 Å². The first-order chi connectivity index (χ1) is 7.63. The fourth-order valence-electron chi connectivity index (χ4n) is 2.72. The Kier molecular flexibility index (Phi) is 3.18. The van der Waals surface area contributed by atoms with Gasteiger partial charge in [0.1, 0.15) is 0 Å². The number of allylic oxidation sites excluding steroid dienone is 8. The van der Waals surface area contributed by atoms with Gasteiger partial charge < -0.3 is 0 Å². The van der Waals surface area contributed by atoms with Gasteiger partial charge in [0.2, 0.25) is 0 Å². The van der Waals surface area contributed by atoms with E-state index in [1.807, 2.05) is 0 Å². The molecule has 0 heteroatoms. The first kappa shape index (κ1) is 11.4. The number of hydrogen-bond donors (Lipinski definition) is 0. The van der Waals surface area contributed by atoms with Gasteiger partial charge in [-0.05, 0) is 57.6 Å². The predicted octanol–water partition coefficient (Wildman–Crippen LogP) is 4.96. The summed E-state index contributed by atoms with van der Waals surface area (Å²) < 4.78 is 0. The molecule has 0 saturated heterocycles. The van der Waals surface area contributed by atoms with Crippen LogP contribution in [0.25, 0.3) is 0 Å². The zero-order valence-electron chi connectivity index (χ0n) is 10.7. The van der Waals surface area contributed by atoms with E-state index in [2.05, 4.69) is 51.2 Å². The van der Waals surface area contributed by atoms with Crippen LogP contribution in [0.5, 0.6) is 0 Å². The lowest BCUT2D eigenvalue weighted by molar-refractivity contribution is 0.649. The van der Waals surface area contributed by atoms with Crippen molar-refractivity contribution >= 4 is 0 Å². The summed E-state index contributed by atoms with van der Waals surface area (Å²) >= 11 is 0. The summed E-state index contributed by atoms with van der Waals surface area (Å²) in [6.07, 6.45) is 16.6. The SMILES string of the molecule is CC1=C(C)C(C2(C)C=CC=C2)=CCCCC1. The first-order valence-electron chi connectivity index (χ1n) is 6.38. The molecule has 2 aliphatic carbocycles. The summed E-state index contributed by atoms with van der Waals surface area (Å²) in [6, 6.07) is 0. The highest BCUT2D eigenvalue weighted by Gasteiger charge is 2.26. The van der Waals surface area contributed by atoms with Crippen molar-refractivity contribution in [2.45, 2.75) is 46.5 Å². The highest BCUT2D eigenvalue weighted by atomic mass is 14.3. The second kappa shape index (κ2) is 4.45. The maximum absolute atomic E-state index is 2.46. The van der Waals surface area contributed by atoms with Gasteiger partial charge in [0.05, 0.1) is 0 Å². The maximum atomic E-state index is 2.46. The van der Waals surface area contributed by atoms with E-state index in [1.54, 1.807) is 5.57 Å². The fourth-order valence-corrected chi connectivity index (χ4v) is 2.72. The first-order valence-corrected chi connectivity index (χ1v) is 6.38. The average Bonchev–Trinajstić information content (AvgIpc) is 2.68. The van der Waals surface area contributed by atoms with Crippen molar-refractivity contribution in [3.63, 3.8) is 0 Å². The zero-order chi connectivity index (χ0) is 11.6. The largest absolute Gasteiger partial charge is 0.0799 e. The Morgan fingerprint density at radius 3 is 2.44 bits per heavy atom. The minimum atomic E-state index is 0.142. The molecule has 0 saturated carbocycles. The molecule has 16 heavy (non-hydrogen) atoms. The molecule has 0 fully saturated rings. The van der Waals surface area contributed by atoms with Crippen LogP contribution in [0.2, 0.25) is 0 Å². The lowest BCUT2D eigenvalue weighted by atomic mass is 9.77. The normalized spacial score (nSPS) is 24.3. The van der Waals surface area contributed by atoms with Crippen LogP contribution in [-0.2, 0) is 0 Å². The third-order valence-electron chi connectivity index (χ3n) is 3.97. The van der Waals surface area contributed by atoms with E-state index in [4.69, 9.17) is 0 Å². The van der Waals surface area contributed by atoms with Gasteiger partial charge in [-0.1, -0.05) is 36.0 Å². The van der Waals surface area contributed by atoms with Crippen LogP contribution in [0, 0.1) is 5.41 Å². The van der Waals surface area contributed by atoms with E-state index < -0.39 is 0 Å². The Morgan fingerprint density at radius 1 is 1.06 bits per heavy atom. The minimum Gasteiger partial charge on any atom is -0.0799 e. The molecule has 0 aliphatic heterocycles. The molecule has 0 radical (unpaired) electrons. The van der Waals surface area contributed by atoms with E-state index in [9.17, 15) is 0 Å². The van der Waals surface area contributed by atoms with E-state index in [-0.39, 0.29) is 5.41 Å². The molecular weight excluding hydrogens is 192 g/mol. The molecule has 0 atom stereocenters. The lowest BCUT2D eigenvalue weighted by Crippen LogP contribution is -2.14. The smallest absolute Gasteiger partial charge is 0.0289 e. The molecule has 0 nitrogen and oxygen atoms in total. The molecule has 0 aromatic heterocycles. The molecule has 0 heterocycles. The van der Waals surface area contributed by atoms with Crippen LogP contribution >= 0.6 is 0 Å². The van der Waals surface area contributed by atoms with Gasteiger partial charge in [-0.2, -0.15) is 0 Å². The molecule has 0 bridgehead atoms. The summed E-state index contributed by atoms with van der Waals surface area (Å²) in [5.41, 5.74) is 4.75. The van der Waals surface area contributed by atoms with E-state index in [0.717, 1.165) is 0 Å².